The Labute approximate surface area is 104 Å². The molecule has 0 aliphatic rings. The molecule has 0 unspecified atom stereocenters. The van der Waals surface area contributed by atoms with Crippen LogP contribution in [0.1, 0.15) is 5.56 Å². The molecular formula is C13H10FN3O. The second-order valence-corrected chi connectivity index (χ2v) is 3.49. The molecule has 90 valence electrons. The van der Waals surface area contributed by atoms with Gasteiger partial charge >= 0.3 is 0 Å². The molecule has 1 aromatic carbocycles. The molecule has 1 heterocycles. The quantitative estimate of drug-likeness (QED) is 0.900. The van der Waals surface area contributed by atoms with Crippen molar-refractivity contribution >= 4 is 11.5 Å². The van der Waals surface area contributed by atoms with Crippen LogP contribution in [0.4, 0.5) is 15.9 Å². The van der Waals surface area contributed by atoms with E-state index in [1.807, 2.05) is 6.07 Å². The van der Waals surface area contributed by atoms with Crippen LogP contribution in [-0.4, -0.2) is 12.1 Å². The van der Waals surface area contributed by atoms with Crippen molar-refractivity contribution in [2.24, 2.45) is 0 Å². The number of hydrogen-bond acceptors (Lipinski definition) is 4. The van der Waals surface area contributed by atoms with Gasteiger partial charge in [0.2, 0.25) is 0 Å². The summed E-state index contributed by atoms with van der Waals surface area (Å²) in [5, 5.41) is 11.9. The first-order valence-corrected chi connectivity index (χ1v) is 5.20. The number of rotatable bonds is 3. The first-order valence-electron chi connectivity index (χ1n) is 5.20. The summed E-state index contributed by atoms with van der Waals surface area (Å²) in [6.07, 6.45) is 1.57. The van der Waals surface area contributed by atoms with Crippen LogP contribution in [-0.2, 0) is 0 Å². The first kappa shape index (κ1) is 11.9. The zero-order valence-corrected chi connectivity index (χ0v) is 9.64. The molecule has 1 aromatic heterocycles. The number of hydrogen-bond donors (Lipinski definition) is 1. The van der Waals surface area contributed by atoms with E-state index in [0.29, 0.717) is 17.1 Å². The molecule has 0 saturated heterocycles. The monoisotopic (exact) mass is 243 g/mol. The molecule has 0 amide bonds. The van der Waals surface area contributed by atoms with E-state index >= 15 is 0 Å². The predicted molar refractivity (Wildman–Crippen MR) is 65.2 cm³/mol. The number of ether oxygens (including phenoxy) is 1. The average molecular weight is 243 g/mol. The third-order valence-electron chi connectivity index (χ3n) is 2.34. The van der Waals surface area contributed by atoms with Crippen molar-refractivity contribution in [2.45, 2.75) is 0 Å². The molecule has 1 N–H and O–H groups in total. The van der Waals surface area contributed by atoms with Gasteiger partial charge < -0.3 is 10.1 Å². The zero-order chi connectivity index (χ0) is 13.0. The molecule has 0 aliphatic carbocycles. The van der Waals surface area contributed by atoms with Crippen molar-refractivity contribution in [3.05, 3.63) is 47.9 Å². The van der Waals surface area contributed by atoms with Crippen LogP contribution in [0.25, 0.3) is 0 Å². The molecule has 0 radical (unpaired) electrons. The van der Waals surface area contributed by atoms with Crippen molar-refractivity contribution in [3.63, 3.8) is 0 Å². The number of halogens is 1. The largest absolute Gasteiger partial charge is 0.494 e. The van der Waals surface area contributed by atoms with Gasteiger partial charge in [-0.1, -0.05) is 0 Å². The molecule has 0 saturated carbocycles. The molecule has 5 heteroatoms. The highest BCUT2D eigenvalue weighted by atomic mass is 19.1. The Balaban J connectivity index is 2.32. The number of aromatic nitrogens is 1. The van der Waals surface area contributed by atoms with Crippen LogP contribution in [0.2, 0.25) is 0 Å². The van der Waals surface area contributed by atoms with Crippen molar-refractivity contribution in [3.8, 4) is 11.8 Å². The molecule has 18 heavy (non-hydrogen) atoms. The summed E-state index contributed by atoms with van der Waals surface area (Å²) in [5.74, 6) is 0.118. The lowest BCUT2D eigenvalue weighted by molar-refractivity contribution is 0.387. The Hall–Kier alpha value is -2.61. The van der Waals surface area contributed by atoms with E-state index in [-0.39, 0.29) is 5.75 Å². The van der Waals surface area contributed by atoms with Gasteiger partial charge in [0.15, 0.2) is 11.6 Å². The van der Waals surface area contributed by atoms with E-state index in [9.17, 15) is 4.39 Å². The molecular weight excluding hydrogens is 233 g/mol. The van der Waals surface area contributed by atoms with Gasteiger partial charge in [-0.3, -0.25) is 0 Å². The van der Waals surface area contributed by atoms with Crippen LogP contribution in [0.3, 0.4) is 0 Å². The van der Waals surface area contributed by atoms with Crippen LogP contribution in [0.15, 0.2) is 36.5 Å². The highest BCUT2D eigenvalue weighted by Crippen LogP contribution is 2.24. The van der Waals surface area contributed by atoms with Crippen LogP contribution >= 0.6 is 0 Å². The lowest BCUT2D eigenvalue weighted by Crippen LogP contribution is -1.97. The fraction of sp³-hybridized carbons (Fsp3) is 0.0769. The number of pyridine rings is 1. The number of nitriles is 1. The third-order valence-corrected chi connectivity index (χ3v) is 2.34. The summed E-state index contributed by atoms with van der Waals surface area (Å²) < 4.78 is 18.1. The third kappa shape index (κ3) is 2.38. The lowest BCUT2D eigenvalue weighted by Gasteiger charge is -2.08. The Morgan fingerprint density at radius 2 is 2.22 bits per heavy atom. The summed E-state index contributed by atoms with van der Waals surface area (Å²) in [7, 11) is 1.39. The standard InChI is InChI=1S/C13H10FN3O/c1-18-12-7-10(4-5-11(12)14)17-13-9(8-15)3-2-6-16-13/h2-7H,1H3,(H,16,17). The van der Waals surface area contributed by atoms with Crippen molar-refractivity contribution in [2.75, 3.05) is 12.4 Å². The molecule has 0 fully saturated rings. The molecule has 4 nitrogen and oxygen atoms in total. The topological polar surface area (TPSA) is 57.9 Å². The van der Waals surface area contributed by atoms with Gasteiger partial charge in [0.25, 0.3) is 0 Å². The fourth-order valence-corrected chi connectivity index (χ4v) is 1.47. The molecule has 0 aliphatic heterocycles. The van der Waals surface area contributed by atoms with Crippen LogP contribution < -0.4 is 10.1 Å². The van der Waals surface area contributed by atoms with Crippen LogP contribution in [0, 0.1) is 17.1 Å². The maximum Gasteiger partial charge on any atom is 0.165 e. The van der Waals surface area contributed by atoms with E-state index < -0.39 is 5.82 Å². The summed E-state index contributed by atoms with van der Waals surface area (Å²) in [6, 6.07) is 9.69. The number of nitrogens with one attached hydrogen (secondary N) is 1. The molecule has 0 atom stereocenters. The van der Waals surface area contributed by atoms with Crippen molar-refractivity contribution < 1.29 is 9.13 Å². The lowest BCUT2D eigenvalue weighted by atomic mass is 10.2. The van der Waals surface area contributed by atoms with Crippen LogP contribution in [0.5, 0.6) is 5.75 Å². The summed E-state index contributed by atoms with van der Waals surface area (Å²) in [5.41, 5.74) is 1.02. The smallest absolute Gasteiger partial charge is 0.165 e. The number of anilines is 2. The second-order valence-electron chi connectivity index (χ2n) is 3.49. The number of nitrogens with zero attached hydrogens (tertiary/aromatic N) is 2. The van der Waals surface area contributed by atoms with Gasteiger partial charge in [-0.15, -0.1) is 0 Å². The Bertz CT molecular complexity index is 607. The number of methoxy groups -OCH3 is 1. The Kier molecular flexibility index (Phi) is 3.39. The molecule has 0 spiro atoms. The summed E-state index contributed by atoms with van der Waals surface area (Å²) in [4.78, 5) is 4.05. The first-order chi connectivity index (χ1) is 8.74. The van der Waals surface area contributed by atoms with E-state index in [0.717, 1.165) is 0 Å². The Morgan fingerprint density at radius 1 is 1.39 bits per heavy atom. The van der Waals surface area contributed by atoms with E-state index in [2.05, 4.69) is 10.3 Å². The maximum absolute atomic E-state index is 13.2. The van der Waals surface area contributed by atoms with Gasteiger partial charge in [0.1, 0.15) is 11.9 Å². The summed E-state index contributed by atoms with van der Waals surface area (Å²) >= 11 is 0. The highest BCUT2D eigenvalue weighted by molar-refractivity contribution is 5.63. The van der Waals surface area contributed by atoms with Crippen molar-refractivity contribution in [1.29, 1.82) is 5.26 Å². The van der Waals surface area contributed by atoms with Crippen molar-refractivity contribution in [1.82, 2.24) is 4.98 Å². The SMILES string of the molecule is COc1cc(Nc2ncccc2C#N)ccc1F. The second kappa shape index (κ2) is 5.15. The molecule has 2 rings (SSSR count). The van der Waals surface area contributed by atoms with Gasteiger partial charge in [-0.25, -0.2) is 9.37 Å². The number of benzene rings is 1. The molecule has 2 aromatic rings. The van der Waals surface area contributed by atoms with E-state index in [4.69, 9.17) is 10.00 Å². The zero-order valence-electron chi connectivity index (χ0n) is 9.64. The highest BCUT2D eigenvalue weighted by Gasteiger charge is 2.06. The fourth-order valence-electron chi connectivity index (χ4n) is 1.47. The minimum atomic E-state index is -0.440. The van der Waals surface area contributed by atoms with Gasteiger partial charge in [0.05, 0.1) is 12.7 Å². The van der Waals surface area contributed by atoms with E-state index in [1.165, 1.54) is 19.2 Å². The van der Waals surface area contributed by atoms with E-state index in [1.54, 1.807) is 24.4 Å². The Morgan fingerprint density at radius 3 is 2.94 bits per heavy atom. The predicted octanol–water partition coefficient (Wildman–Crippen LogP) is 2.84. The maximum atomic E-state index is 13.2. The van der Waals surface area contributed by atoms with Gasteiger partial charge in [-0.2, -0.15) is 5.26 Å². The molecule has 0 bridgehead atoms. The minimum absolute atomic E-state index is 0.134. The average Bonchev–Trinajstić information content (AvgIpc) is 2.41. The summed E-state index contributed by atoms with van der Waals surface area (Å²) in [6.45, 7) is 0. The minimum Gasteiger partial charge on any atom is -0.494 e. The van der Waals surface area contributed by atoms with Gasteiger partial charge in [0, 0.05) is 18.0 Å². The van der Waals surface area contributed by atoms with Gasteiger partial charge in [-0.05, 0) is 24.3 Å². The normalized spacial score (nSPS) is 9.61.